The lowest BCUT2D eigenvalue weighted by Crippen LogP contribution is -2.22. The summed E-state index contributed by atoms with van der Waals surface area (Å²) < 4.78 is 1.78. The first-order valence-electron chi connectivity index (χ1n) is 5.75. The SMILES string of the molecule is Cc1cnc(SC(c2cnn(C)c2)C(C)N)nc1. The molecule has 2 aromatic rings. The molecular formula is C12H17N5S. The van der Waals surface area contributed by atoms with E-state index in [9.17, 15) is 0 Å². The number of aromatic nitrogens is 4. The summed E-state index contributed by atoms with van der Waals surface area (Å²) in [5, 5.41) is 5.04. The Morgan fingerprint density at radius 3 is 2.44 bits per heavy atom. The molecule has 2 heterocycles. The van der Waals surface area contributed by atoms with Crippen molar-refractivity contribution in [2.75, 3.05) is 0 Å². The molecule has 2 unspecified atom stereocenters. The lowest BCUT2D eigenvalue weighted by molar-refractivity contribution is 0.715. The Bertz CT molecular complexity index is 505. The van der Waals surface area contributed by atoms with Crippen LogP contribution in [-0.2, 0) is 7.05 Å². The van der Waals surface area contributed by atoms with Crippen LogP contribution in [0.3, 0.4) is 0 Å². The largest absolute Gasteiger partial charge is 0.327 e. The van der Waals surface area contributed by atoms with Crippen LogP contribution in [0.2, 0.25) is 0 Å². The summed E-state index contributed by atoms with van der Waals surface area (Å²) in [6.07, 6.45) is 7.46. The summed E-state index contributed by atoms with van der Waals surface area (Å²) in [4.78, 5) is 8.60. The molecule has 2 atom stereocenters. The first-order valence-corrected chi connectivity index (χ1v) is 6.63. The van der Waals surface area contributed by atoms with Crippen molar-refractivity contribution < 1.29 is 0 Å². The van der Waals surface area contributed by atoms with Crippen molar-refractivity contribution >= 4 is 11.8 Å². The van der Waals surface area contributed by atoms with Crippen LogP contribution >= 0.6 is 11.8 Å². The number of hydrogen-bond donors (Lipinski definition) is 1. The third kappa shape index (κ3) is 3.08. The average Bonchev–Trinajstić information content (AvgIpc) is 2.74. The maximum Gasteiger partial charge on any atom is 0.188 e. The smallest absolute Gasteiger partial charge is 0.188 e. The molecule has 0 bridgehead atoms. The van der Waals surface area contributed by atoms with Gasteiger partial charge in [0.05, 0.1) is 11.4 Å². The van der Waals surface area contributed by atoms with E-state index in [1.807, 2.05) is 45.7 Å². The zero-order valence-electron chi connectivity index (χ0n) is 10.7. The highest BCUT2D eigenvalue weighted by molar-refractivity contribution is 7.99. The predicted molar refractivity (Wildman–Crippen MR) is 72.2 cm³/mol. The zero-order chi connectivity index (χ0) is 13.1. The van der Waals surface area contributed by atoms with Gasteiger partial charge in [0.25, 0.3) is 0 Å². The third-order valence-corrected chi connectivity index (χ3v) is 3.90. The van der Waals surface area contributed by atoms with Crippen molar-refractivity contribution in [2.45, 2.75) is 30.3 Å². The summed E-state index contributed by atoms with van der Waals surface area (Å²) in [6.45, 7) is 3.96. The van der Waals surface area contributed by atoms with Crippen LogP contribution in [0.25, 0.3) is 0 Å². The average molecular weight is 263 g/mol. The number of hydrogen-bond acceptors (Lipinski definition) is 5. The molecule has 0 aliphatic rings. The van der Waals surface area contributed by atoms with Crippen molar-refractivity contribution in [3.05, 3.63) is 35.9 Å². The Labute approximate surface area is 111 Å². The molecule has 0 radical (unpaired) electrons. The molecule has 0 saturated heterocycles. The Balaban J connectivity index is 2.19. The second-order valence-corrected chi connectivity index (χ2v) is 5.50. The van der Waals surface area contributed by atoms with Gasteiger partial charge in [-0.2, -0.15) is 5.10 Å². The fourth-order valence-corrected chi connectivity index (χ4v) is 2.55. The second kappa shape index (κ2) is 5.49. The summed E-state index contributed by atoms with van der Waals surface area (Å²) >= 11 is 1.57. The van der Waals surface area contributed by atoms with Crippen LogP contribution in [0.1, 0.15) is 23.3 Å². The quantitative estimate of drug-likeness (QED) is 0.671. The van der Waals surface area contributed by atoms with Crippen molar-refractivity contribution in [3.63, 3.8) is 0 Å². The minimum Gasteiger partial charge on any atom is -0.327 e. The number of rotatable bonds is 4. The first kappa shape index (κ1) is 13.0. The van der Waals surface area contributed by atoms with Gasteiger partial charge in [-0.25, -0.2) is 9.97 Å². The molecule has 0 aromatic carbocycles. The van der Waals surface area contributed by atoms with Crippen LogP contribution in [-0.4, -0.2) is 25.8 Å². The van der Waals surface area contributed by atoms with Crippen molar-refractivity contribution in [1.82, 2.24) is 19.7 Å². The molecule has 0 aliphatic heterocycles. The highest BCUT2D eigenvalue weighted by atomic mass is 32.2. The van der Waals surface area contributed by atoms with Gasteiger partial charge < -0.3 is 5.73 Å². The van der Waals surface area contributed by atoms with E-state index in [0.717, 1.165) is 16.3 Å². The minimum atomic E-state index is 0.00380. The normalized spacial score (nSPS) is 14.4. The van der Waals surface area contributed by atoms with E-state index in [1.54, 1.807) is 16.4 Å². The van der Waals surface area contributed by atoms with Crippen molar-refractivity contribution in [1.29, 1.82) is 0 Å². The lowest BCUT2D eigenvalue weighted by Gasteiger charge is -2.17. The van der Waals surface area contributed by atoms with Crippen LogP contribution in [0.15, 0.2) is 29.9 Å². The first-order chi connectivity index (χ1) is 8.56. The maximum absolute atomic E-state index is 6.04. The second-order valence-electron chi connectivity index (χ2n) is 4.39. The van der Waals surface area contributed by atoms with E-state index in [1.165, 1.54) is 0 Å². The maximum atomic E-state index is 6.04. The van der Waals surface area contributed by atoms with E-state index in [4.69, 9.17) is 5.73 Å². The topological polar surface area (TPSA) is 69.6 Å². The minimum absolute atomic E-state index is 0.00380. The number of aryl methyl sites for hydroxylation is 2. The molecular weight excluding hydrogens is 246 g/mol. The molecule has 2 aromatic heterocycles. The Hall–Kier alpha value is -1.40. The van der Waals surface area contributed by atoms with Gasteiger partial charge in [-0.15, -0.1) is 0 Å². The fourth-order valence-electron chi connectivity index (χ4n) is 1.62. The van der Waals surface area contributed by atoms with E-state index < -0.39 is 0 Å². The summed E-state index contributed by atoms with van der Waals surface area (Å²) in [5.74, 6) is 0. The van der Waals surface area contributed by atoms with E-state index >= 15 is 0 Å². The molecule has 0 saturated carbocycles. The molecule has 2 rings (SSSR count). The van der Waals surface area contributed by atoms with Crippen molar-refractivity contribution in [2.24, 2.45) is 12.8 Å². The molecule has 6 heteroatoms. The van der Waals surface area contributed by atoms with Gasteiger partial charge in [-0.3, -0.25) is 4.68 Å². The predicted octanol–water partition coefficient (Wildman–Crippen LogP) is 1.70. The third-order valence-electron chi connectivity index (χ3n) is 2.52. The Kier molecular flexibility index (Phi) is 3.98. The number of thioether (sulfide) groups is 1. The van der Waals surface area contributed by atoms with E-state index in [2.05, 4.69) is 15.1 Å². The number of nitrogens with zero attached hydrogens (tertiary/aromatic N) is 4. The van der Waals surface area contributed by atoms with Gasteiger partial charge >= 0.3 is 0 Å². The van der Waals surface area contributed by atoms with Crippen LogP contribution in [0.4, 0.5) is 0 Å². The standard InChI is InChI=1S/C12H17N5S/c1-8-4-14-12(15-5-8)18-11(9(2)13)10-6-16-17(3)7-10/h4-7,9,11H,13H2,1-3H3. The molecule has 5 nitrogen and oxygen atoms in total. The zero-order valence-corrected chi connectivity index (χ0v) is 11.6. The Morgan fingerprint density at radius 1 is 1.28 bits per heavy atom. The van der Waals surface area contributed by atoms with Crippen LogP contribution < -0.4 is 5.73 Å². The van der Waals surface area contributed by atoms with Gasteiger partial charge in [0.15, 0.2) is 5.16 Å². The lowest BCUT2D eigenvalue weighted by atomic mass is 10.1. The van der Waals surface area contributed by atoms with Gasteiger partial charge in [-0.1, -0.05) is 11.8 Å². The molecule has 96 valence electrons. The molecule has 0 fully saturated rings. The van der Waals surface area contributed by atoms with Crippen LogP contribution in [0, 0.1) is 6.92 Å². The highest BCUT2D eigenvalue weighted by Crippen LogP contribution is 2.34. The molecule has 2 N–H and O–H groups in total. The van der Waals surface area contributed by atoms with E-state index in [0.29, 0.717) is 0 Å². The molecule has 0 spiro atoms. The highest BCUT2D eigenvalue weighted by Gasteiger charge is 2.20. The molecule has 0 amide bonds. The van der Waals surface area contributed by atoms with Gasteiger partial charge in [0.2, 0.25) is 0 Å². The van der Waals surface area contributed by atoms with Crippen molar-refractivity contribution in [3.8, 4) is 0 Å². The fraction of sp³-hybridized carbons (Fsp3) is 0.417. The number of nitrogens with two attached hydrogens (primary N) is 1. The molecule has 0 aliphatic carbocycles. The summed E-state index contributed by atoms with van der Waals surface area (Å²) in [7, 11) is 1.90. The van der Waals surface area contributed by atoms with Gasteiger partial charge in [0, 0.05) is 37.2 Å². The summed E-state index contributed by atoms with van der Waals surface area (Å²) in [6, 6.07) is 0.00380. The van der Waals surface area contributed by atoms with Gasteiger partial charge in [0.1, 0.15) is 0 Å². The van der Waals surface area contributed by atoms with E-state index in [-0.39, 0.29) is 11.3 Å². The van der Waals surface area contributed by atoms with Gasteiger partial charge in [-0.05, 0) is 19.4 Å². The van der Waals surface area contributed by atoms with Crippen LogP contribution in [0.5, 0.6) is 0 Å². The monoisotopic (exact) mass is 263 g/mol. The summed E-state index contributed by atoms with van der Waals surface area (Å²) in [5.41, 5.74) is 8.19. The molecule has 18 heavy (non-hydrogen) atoms. The Morgan fingerprint density at radius 2 is 1.94 bits per heavy atom.